The van der Waals surface area contributed by atoms with Crippen molar-refractivity contribution in [2.45, 2.75) is 0 Å². The Labute approximate surface area is 97.4 Å². The van der Waals surface area contributed by atoms with Gasteiger partial charge < -0.3 is 0 Å². The van der Waals surface area contributed by atoms with E-state index in [1.165, 1.54) is 0 Å². The molecule has 0 aromatic heterocycles. The van der Waals surface area contributed by atoms with Crippen LogP contribution in [0.15, 0.2) is 0 Å². The van der Waals surface area contributed by atoms with Crippen LogP contribution in [0.5, 0.6) is 0 Å². The molecule has 0 atom stereocenters. The molecule has 0 aliphatic carbocycles. The van der Waals surface area contributed by atoms with Crippen LogP contribution in [-0.2, 0) is 72.3 Å². The standard InChI is InChI=1S/Cd.Cr.Hg.Pb.2H. The maximum atomic E-state index is 0. The summed E-state index contributed by atoms with van der Waals surface area (Å²) < 4.78 is 0. The Balaban J connectivity index is 0. The van der Waals surface area contributed by atoms with Crippen LogP contribution in [0.4, 0.5) is 0 Å². The molecule has 0 aromatic rings. The molecule has 0 amide bonds. The third kappa shape index (κ3) is 9.00. The van der Waals surface area contributed by atoms with Crippen LogP contribution in [0, 0.1) is 0 Å². The van der Waals surface area contributed by atoms with Gasteiger partial charge >= 0.3 is 27.3 Å². The van der Waals surface area contributed by atoms with Crippen LogP contribution in [0.3, 0.4) is 0 Å². The second-order valence-electron chi connectivity index (χ2n) is 0. The predicted molar refractivity (Wildman–Crippen MR) is 8.54 cm³/mol. The molecule has 4 heavy (non-hydrogen) atoms. The van der Waals surface area contributed by atoms with Gasteiger partial charge in [0.1, 0.15) is 0 Å². The summed E-state index contributed by atoms with van der Waals surface area (Å²) in [7, 11) is 0. The average molecular weight is 574 g/mol. The molecule has 0 aromatic carbocycles. The molecule has 16 valence electrons. The Morgan fingerprint density at radius 1 is 1.00 bits per heavy atom. The van der Waals surface area contributed by atoms with Gasteiger partial charge in [0, 0.05) is 72.3 Å². The van der Waals surface area contributed by atoms with E-state index >= 15 is 0 Å². The van der Waals surface area contributed by atoms with Crippen LogP contribution in [0.1, 0.15) is 0 Å². The van der Waals surface area contributed by atoms with E-state index in [4.69, 9.17) is 0 Å². The molecule has 0 N–H and O–H groups in total. The van der Waals surface area contributed by atoms with E-state index < -0.39 is 0 Å². The minimum absolute atomic E-state index is 0. The summed E-state index contributed by atoms with van der Waals surface area (Å²) in [5.74, 6) is 0. The van der Waals surface area contributed by atoms with Crippen LogP contribution < -0.4 is 0 Å². The first-order valence-corrected chi connectivity index (χ1v) is 0. The number of hydrogen-bond acceptors (Lipinski definition) is 0. The molecule has 0 nitrogen and oxygen atoms in total. The fourth-order valence-electron chi connectivity index (χ4n) is 0. The van der Waals surface area contributed by atoms with E-state index in [0.717, 1.165) is 0 Å². The molecule has 0 spiro atoms. The molecule has 4 heteroatoms. The van der Waals surface area contributed by atoms with E-state index in [-0.39, 0.29) is 99.6 Å². The van der Waals surface area contributed by atoms with Gasteiger partial charge in [-0.25, -0.2) is 0 Å². The third-order valence-electron chi connectivity index (χ3n) is 0. The van der Waals surface area contributed by atoms with Crippen LogP contribution in [-0.4, -0.2) is 27.3 Å². The summed E-state index contributed by atoms with van der Waals surface area (Å²) in [6.45, 7) is 0. The Bertz CT molecular complexity index is 8.00. The molecule has 0 rings (SSSR count). The van der Waals surface area contributed by atoms with Gasteiger partial charge in [-0.2, -0.15) is 0 Å². The van der Waals surface area contributed by atoms with Gasteiger partial charge in [0.05, 0.1) is 0 Å². The van der Waals surface area contributed by atoms with Crippen molar-refractivity contribution in [3.05, 3.63) is 0 Å². The van der Waals surface area contributed by atoms with Gasteiger partial charge in [-0.15, -0.1) is 0 Å². The Kier molecular flexibility index (Phi) is 108. The maximum absolute atomic E-state index is 0. The van der Waals surface area contributed by atoms with E-state index in [0.29, 0.717) is 0 Å². The molecule has 0 saturated carbocycles. The summed E-state index contributed by atoms with van der Waals surface area (Å²) >= 11 is 0. The van der Waals surface area contributed by atoms with Crippen molar-refractivity contribution in [1.82, 2.24) is 0 Å². The van der Waals surface area contributed by atoms with E-state index in [1.807, 2.05) is 0 Å². The molecule has 2 radical (unpaired) electrons. The second-order valence-corrected chi connectivity index (χ2v) is 0. The molecular weight excluding hydrogens is 572 g/mol. The zero-order valence-electron chi connectivity index (χ0n) is 2.53. The Hall–Kier alpha value is 3.31. The summed E-state index contributed by atoms with van der Waals surface area (Å²) in [4.78, 5) is 0. The van der Waals surface area contributed by atoms with Gasteiger partial charge in [0.2, 0.25) is 0 Å². The Morgan fingerprint density at radius 2 is 1.00 bits per heavy atom. The zero-order valence-corrected chi connectivity index (χ0v) is 18.8. The summed E-state index contributed by atoms with van der Waals surface area (Å²) in [6.07, 6.45) is 0. The van der Waals surface area contributed by atoms with Crippen molar-refractivity contribution in [2.75, 3.05) is 0 Å². The molecular formula is H2CdCrHgPb. The molecule has 0 unspecified atom stereocenters. The van der Waals surface area contributed by atoms with E-state index in [9.17, 15) is 0 Å². The summed E-state index contributed by atoms with van der Waals surface area (Å²) in [5.41, 5.74) is 0. The van der Waals surface area contributed by atoms with Crippen molar-refractivity contribution in [2.24, 2.45) is 0 Å². The minimum atomic E-state index is 0. The summed E-state index contributed by atoms with van der Waals surface area (Å²) in [5, 5.41) is 0. The third-order valence-corrected chi connectivity index (χ3v) is 0. The van der Waals surface area contributed by atoms with Crippen molar-refractivity contribution >= 4 is 27.3 Å². The van der Waals surface area contributed by atoms with E-state index in [2.05, 4.69) is 0 Å². The van der Waals surface area contributed by atoms with Gasteiger partial charge in [0.15, 0.2) is 0 Å². The SMILES string of the molecule is [Cd].[Cr].[Hg].[PbH2]. The Morgan fingerprint density at radius 3 is 1.00 bits per heavy atom. The van der Waals surface area contributed by atoms with E-state index in [1.54, 1.807) is 0 Å². The molecule has 0 aliphatic rings. The van der Waals surface area contributed by atoms with Gasteiger partial charge in [-0.3, -0.25) is 0 Å². The van der Waals surface area contributed by atoms with Gasteiger partial charge in [0.25, 0.3) is 0 Å². The molecule has 0 saturated heterocycles. The second kappa shape index (κ2) is 16.2. The first-order valence-electron chi connectivity index (χ1n) is 0. The topological polar surface area (TPSA) is 0 Å². The average Bonchev–Trinajstić information content (AvgIpc) is 0. The predicted octanol–water partition coefficient (Wildman–Crippen LogP) is -0.924. The number of hydrogen-bond donors (Lipinski definition) is 0. The fraction of sp³-hybridized carbons (Fsp3) is 0. The normalized spacial score (nSPS) is 0. The van der Waals surface area contributed by atoms with Crippen molar-refractivity contribution in [1.29, 1.82) is 0 Å². The van der Waals surface area contributed by atoms with Crippen molar-refractivity contribution < 1.29 is 72.3 Å². The molecule has 0 fully saturated rings. The fourth-order valence-corrected chi connectivity index (χ4v) is 0. The number of rotatable bonds is 0. The van der Waals surface area contributed by atoms with Crippen LogP contribution in [0.25, 0.3) is 0 Å². The monoisotopic (exact) mass is 578 g/mol. The molecule has 0 heterocycles. The molecule has 0 aliphatic heterocycles. The first kappa shape index (κ1) is 26.6. The summed E-state index contributed by atoms with van der Waals surface area (Å²) in [6, 6.07) is 0. The van der Waals surface area contributed by atoms with Gasteiger partial charge in [-0.1, -0.05) is 0 Å². The zero-order chi connectivity index (χ0) is 0. The first-order chi connectivity index (χ1) is 0. The van der Waals surface area contributed by atoms with Crippen molar-refractivity contribution in [3.63, 3.8) is 0 Å². The van der Waals surface area contributed by atoms with Gasteiger partial charge in [-0.05, 0) is 0 Å². The van der Waals surface area contributed by atoms with Crippen LogP contribution >= 0.6 is 0 Å². The van der Waals surface area contributed by atoms with Crippen molar-refractivity contribution in [3.8, 4) is 0 Å². The molecule has 0 bridgehead atoms. The quantitative estimate of drug-likeness (QED) is 0.329. The van der Waals surface area contributed by atoms with Crippen LogP contribution in [0.2, 0.25) is 0 Å².